The molecule has 6 heteroatoms. The summed E-state index contributed by atoms with van der Waals surface area (Å²) in [6, 6.07) is 14.0. The largest absolute Gasteiger partial charge is 0.393 e. The van der Waals surface area contributed by atoms with Gasteiger partial charge in [-0.25, -0.2) is 9.78 Å². The quantitative estimate of drug-likeness (QED) is 0.713. The number of pyridine rings is 1. The van der Waals surface area contributed by atoms with Crippen LogP contribution in [0.25, 0.3) is 16.9 Å². The molecule has 0 amide bonds. The van der Waals surface area contributed by atoms with Crippen LogP contribution >= 0.6 is 0 Å². The zero-order valence-electron chi connectivity index (χ0n) is 16.1. The lowest BCUT2D eigenvalue weighted by Gasteiger charge is -2.26. The molecule has 1 fully saturated rings. The Bertz CT molecular complexity index is 985. The number of aryl methyl sites for hydroxylation is 1. The number of hydrogen-bond acceptors (Lipinski definition) is 4. The lowest BCUT2D eigenvalue weighted by atomic mass is 9.93. The molecule has 1 aliphatic carbocycles. The molecule has 0 atom stereocenters. The van der Waals surface area contributed by atoms with Gasteiger partial charge in [0.15, 0.2) is 0 Å². The van der Waals surface area contributed by atoms with Gasteiger partial charge in [-0.2, -0.15) is 0 Å². The Labute approximate surface area is 164 Å². The smallest absolute Gasteiger partial charge is 0.333 e. The highest BCUT2D eigenvalue weighted by Gasteiger charge is 2.20. The Morgan fingerprint density at radius 3 is 2.61 bits per heavy atom. The van der Waals surface area contributed by atoms with Gasteiger partial charge in [-0.15, -0.1) is 0 Å². The van der Waals surface area contributed by atoms with Crippen molar-refractivity contribution in [2.24, 2.45) is 0 Å². The minimum absolute atomic E-state index is 0.0451. The Kier molecular flexibility index (Phi) is 5.30. The third kappa shape index (κ3) is 3.73. The molecule has 0 saturated heterocycles. The van der Waals surface area contributed by atoms with E-state index in [0.717, 1.165) is 48.4 Å². The van der Waals surface area contributed by atoms with Crippen LogP contribution in [-0.4, -0.2) is 31.4 Å². The van der Waals surface area contributed by atoms with E-state index in [4.69, 9.17) is 0 Å². The van der Waals surface area contributed by atoms with Crippen LogP contribution in [0.3, 0.4) is 0 Å². The number of aromatic nitrogens is 3. The summed E-state index contributed by atoms with van der Waals surface area (Å²) in [4.78, 5) is 17.4. The molecule has 2 aromatic heterocycles. The lowest BCUT2D eigenvalue weighted by Crippen LogP contribution is -2.28. The molecule has 0 radical (unpaired) electrons. The summed E-state index contributed by atoms with van der Waals surface area (Å²) in [5, 5.41) is 13.2. The molecule has 1 aliphatic rings. The summed E-state index contributed by atoms with van der Waals surface area (Å²) >= 11 is 0. The topological polar surface area (TPSA) is 72.1 Å². The summed E-state index contributed by atoms with van der Waals surface area (Å²) < 4.78 is 3.47. The van der Waals surface area contributed by atoms with Crippen LogP contribution in [0.1, 0.15) is 32.6 Å². The molecule has 1 aromatic carbocycles. The van der Waals surface area contributed by atoms with Crippen LogP contribution in [0.2, 0.25) is 0 Å². The number of imidazole rings is 1. The minimum atomic E-state index is -0.175. The molecule has 0 spiro atoms. The second-order valence-electron chi connectivity index (χ2n) is 7.33. The minimum Gasteiger partial charge on any atom is -0.393 e. The summed E-state index contributed by atoms with van der Waals surface area (Å²) in [7, 11) is 0. The molecule has 2 N–H and O–H groups in total. The van der Waals surface area contributed by atoms with Gasteiger partial charge in [-0.3, -0.25) is 9.13 Å². The second-order valence-corrected chi connectivity index (χ2v) is 7.33. The van der Waals surface area contributed by atoms with Crippen molar-refractivity contribution < 1.29 is 5.11 Å². The van der Waals surface area contributed by atoms with Gasteiger partial charge < -0.3 is 10.4 Å². The highest BCUT2D eigenvalue weighted by atomic mass is 16.3. The molecule has 4 rings (SSSR count). The molecule has 2 heterocycles. The molecule has 28 heavy (non-hydrogen) atoms. The van der Waals surface area contributed by atoms with Gasteiger partial charge in [0.2, 0.25) is 0 Å². The molecule has 0 aliphatic heterocycles. The van der Waals surface area contributed by atoms with E-state index in [1.54, 1.807) is 15.3 Å². The van der Waals surface area contributed by atoms with Crippen molar-refractivity contribution in [3.63, 3.8) is 0 Å². The van der Waals surface area contributed by atoms with Crippen LogP contribution in [-0.2, 0) is 6.54 Å². The Morgan fingerprint density at radius 1 is 1.14 bits per heavy atom. The standard InChI is InChI=1S/C22H26N4O2/c1-2-25-15-20(26(22(25)28)18-6-4-3-5-7-18)16-12-13-23-21(14-16)24-17-8-10-19(27)11-9-17/h3-7,12-15,17,19,27H,2,8-11H2,1H3,(H,23,24)/t17-,19-. The van der Waals surface area contributed by atoms with Gasteiger partial charge in [-0.05, 0) is 56.9 Å². The average molecular weight is 378 g/mol. The summed E-state index contributed by atoms with van der Waals surface area (Å²) in [5.74, 6) is 0.801. The van der Waals surface area contributed by atoms with Crippen molar-refractivity contribution in [2.45, 2.75) is 51.3 Å². The summed E-state index contributed by atoms with van der Waals surface area (Å²) in [6.07, 6.45) is 7.03. The first kappa shape index (κ1) is 18.5. The number of anilines is 1. The molecular weight excluding hydrogens is 352 g/mol. The first-order chi connectivity index (χ1) is 13.7. The first-order valence-corrected chi connectivity index (χ1v) is 9.94. The van der Waals surface area contributed by atoms with Crippen LogP contribution in [0.15, 0.2) is 59.7 Å². The van der Waals surface area contributed by atoms with Gasteiger partial charge in [0.05, 0.1) is 17.5 Å². The number of aliphatic hydroxyl groups is 1. The molecule has 3 aromatic rings. The zero-order chi connectivity index (χ0) is 19.5. The van der Waals surface area contributed by atoms with E-state index >= 15 is 0 Å². The molecule has 1 saturated carbocycles. The van der Waals surface area contributed by atoms with Gasteiger partial charge >= 0.3 is 5.69 Å². The van der Waals surface area contributed by atoms with Gasteiger partial charge in [-0.1, -0.05) is 18.2 Å². The predicted molar refractivity (Wildman–Crippen MR) is 111 cm³/mol. The van der Waals surface area contributed by atoms with Crippen molar-refractivity contribution in [3.05, 3.63) is 65.3 Å². The van der Waals surface area contributed by atoms with Crippen molar-refractivity contribution in [3.8, 4) is 16.9 Å². The predicted octanol–water partition coefficient (Wildman–Crippen LogP) is 3.44. The maximum Gasteiger partial charge on any atom is 0.333 e. The van der Waals surface area contributed by atoms with Gasteiger partial charge in [0, 0.05) is 30.5 Å². The molecule has 146 valence electrons. The van der Waals surface area contributed by atoms with E-state index in [1.807, 2.05) is 55.6 Å². The molecule has 0 bridgehead atoms. The number of para-hydroxylation sites is 1. The molecular formula is C22H26N4O2. The third-order valence-electron chi connectivity index (χ3n) is 5.42. The van der Waals surface area contributed by atoms with E-state index in [1.165, 1.54) is 0 Å². The Hall–Kier alpha value is -2.86. The van der Waals surface area contributed by atoms with Crippen molar-refractivity contribution >= 4 is 5.82 Å². The Balaban J connectivity index is 1.69. The van der Waals surface area contributed by atoms with Gasteiger partial charge in [0.25, 0.3) is 0 Å². The van der Waals surface area contributed by atoms with E-state index in [-0.39, 0.29) is 11.8 Å². The second kappa shape index (κ2) is 8.02. The highest BCUT2D eigenvalue weighted by Crippen LogP contribution is 2.26. The number of nitrogens with one attached hydrogen (secondary N) is 1. The SMILES string of the molecule is CCn1cc(-c2ccnc(N[C@H]3CC[C@H](O)CC3)c2)n(-c2ccccc2)c1=O. The van der Waals surface area contributed by atoms with Crippen LogP contribution in [0, 0.1) is 0 Å². The van der Waals surface area contributed by atoms with Crippen LogP contribution in [0.5, 0.6) is 0 Å². The lowest BCUT2D eigenvalue weighted by molar-refractivity contribution is 0.126. The van der Waals surface area contributed by atoms with Gasteiger partial charge in [0.1, 0.15) is 5.82 Å². The average Bonchev–Trinajstić information content (AvgIpc) is 3.07. The van der Waals surface area contributed by atoms with E-state index in [0.29, 0.717) is 12.6 Å². The highest BCUT2D eigenvalue weighted by molar-refractivity contribution is 5.65. The first-order valence-electron chi connectivity index (χ1n) is 9.94. The maximum absolute atomic E-state index is 12.9. The fourth-order valence-corrected chi connectivity index (χ4v) is 3.85. The number of rotatable bonds is 5. The Morgan fingerprint density at radius 2 is 1.89 bits per heavy atom. The number of aliphatic hydroxyl groups excluding tert-OH is 1. The van der Waals surface area contributed by atoms with Crippen molar-refractivity contribution in [1.29, 1.82) is 0 Å². The summed E-state index contributed by atoms with van der Waals surface area (Å²) in [6.45, 7) is 2.59. The fraction of sp³-hybridized carbons (Fsp3) is 0.364. The molecule has 6 nitrogen and oxygen atoms in total. The molecule has 0 unspecified atom stereocenters. The van der Waals surface area contributed by atoms with E-state index in [2.05, 4.69) is 10.3 Å². The van der Waals surface area contributed by atoms with Crippen LogP contribution in [0.4, 0.5) is 5.82 Å². The number of nitrogens with zero attached hydrogens (tertiary/aromatic N) is 3. The fourth-order valence-electron chi connectivity index (χ4n) is 3.85. The number of hydrogen-bond donors (Lipinski definition) is 2. The zero-order valence-corrected chi connectivity index (χ0v) is 16.1. The summed E-state index contributed by atoms with van der Waals surface area (Å²) in [5.41, 5.74) is 2.60. The van der Waals surface area contributed by atoms with Crippen molar-refractivity contribution in [2.75, 3.05) is 5.32 Å². The normalized spacial score (nSPS) is 19.5. The third-order valence-corrected chi connectivity index (χ3v) is 5.42. The monoisotopic (exact) mass is 378 g/mol. The van der Waals surface area contributed by atoms with E-state index in [9.17, 15) is 9.90 Å². The van der Waals surface area contributed by atoms with Crippen LogP contribution < -0.4 is 11.0 Å². The number of benzene rings is 1. The van der Waals surface area contributed by atoms with Crippen molar-refractivity contribution in [1.82, 2.24) is 14.1 Å². The maximum atomic E-state index is 12.9. The van der Waals surface area contributed by atoms with E-state index < -0.39 is 0 Å².